The van der Waals surface area contributed by atoms with Crippen molar-refractivity contribution in [2.75, 3.05) is 18.9 Å². The van der Waals surface area contributed by atoms with E-state index in [-0.39, 0.29) is 12.5 Å². The fourth-order valence-electron chi connectivity index (χ4n) is 2.80. The zero-order valence-electron chi connectivity index (χ0n) is 15.4. The number of rotatable bonds is 7. The van der Waals surface area contributed by atoms with E-state index in [0.29, 0.717) is 23.2 Å². The normalized spacial score (nSPS) is 11.0. The topological polar surface area (TPSA) is 58.4 Å². The van der Waals surface area contributed by atoms with Gasteiger partial charge in [0, 0.05) is 16.3 Å². The van der Waals surface area contributed by atoms with E-state index >= 15 is 0 Å². The fraction of sp³-hybridized carbons (Fsp3) is 0.238. The van der Waals surface area contributed by atoms with E-state index in [4.69, 9.17) is 16.0 Å². The zero-order valence-corrected chi connectivity index (χ0v) is 16.2. The molecule has 0 unspecified atom stereocenters. The Morgan fingerprint density at radius 3 is 2.67 bits per heavy atom. The number of aromatic nitrogens is 1. The number of aryl methyl sites for hydroxylation is 1. The Kier molecular flexibility index (Phi) is 6.27. The monoisotopic (exact) mass is 383 g/mol. The van der Waals surface area contributed by atoms with Gasteiger partial charge in [-0.1, -0.05) is 36.7 Å². The molecule has 27 heavy (non-hydrogen) atoms. The molecule has 0 radical (unpaired) electrons. The highest BCUT2D eigenvalue weighted by Crippen LogP contribution is 2.22. The van der Waals surface area contributed by atoms with E-state index in [1.54, 1.807) is 6.20 Å². The van der Waals surface area contributed by atoms with Gasteiger partial charge in [0.2, 0.25) is 11.8 Å². The summed E-state index contributed by atoms with van der Waals surface area (Å²) in [5.41, 5.74) is 2.89. The number of likely N-dealkylation sites (N-methyl/N-ethyl adjacent to an activating group) is 1. The minimum absolute atomic E-state index is 0.0668. The van der Waals surface area contributed by atoms with E-state index in [0.717, 1.165) is 23.2 Å². The second-order valence-electron chi connectivity index (χ2n) is 6.36. The van der Waals surface area contributed by atoms with Crippen LogP contribution in [0.25, 0.3) is 11.3 Å². The van der Waals surface area contributed by atoms with Gasteiger partial charge >= 0.3 is 0 Å². The van der Waals surface area contributed by atoms with Crippen LogP contribution in [-0.2, 0) is 17.8 Å². The first-order valence-electron chi connectivity index (χ1n) is 8.82. The Morgan fingerprint density at radius 1 is 1.19 bits per heavy atom. The van der Waals surface area contributed by atoms with Crippen LogP contribution in [0.1, 0.15) is 18.4 Å². The van der Waals surface area contributed by atoms with E-state index in [1.165, 1.54) is 0 Å². The highest BCUT2D eigenvalue weighted by atomic mass is 35.5. The van der Waals surface area contributed by atoms with Gasteiger partial charge in [0.1, 0.15) is 0 Å². The summed E-state index contributed by atoms with van der Waals surface area (Å²) in [4.78, 5) is 18.5. The Morgan fingerprint density at radius 2 is 1.93 bits per heavy atom. The molecule has 0 atom stereocenters. The molecule has 3 aromatic rings. The molecule has 0 aliphatic heterocycles. The second-order valence-corrected chi connectivity index (χ2v) is 6.79. The summed E-state index contributed by atoms with van der Waals surface area (Å²) < 4.78 is 5.79. The summed E-state index contributed by atoms with van der Waals surface area (Å²) in [5.74, 6) is 1.17. The molecule has 0 bridgehead atoms. The lowest BCUT2D eigenvalue weighted by Gasteiger charge is -2.15. The predicted octanol–water partition coefficient (Wildman–Crippen LogP) is 4.63. The second kappa shape index (κ2) is 8.84. The molecule has 0 saturated carbocycles. The molecular formula is C21H22ClN3O2. The summed E-state index contributed by atoms with van der Waals surface area (Å²) in [6.07, 6.45) is 2.56. The van der Waals surface area contributed by atoms with Gasteiger partial charge in [-0.2, -0.15) is 0 Å². The quantitative estimate of drug-likeness (QED) is 0.646. The smallest absolute Gasteiger partial charge is 0.238 e. The molecule has 1 aromatic heterocycles. The van der Waals surface area contributed by atoms with Crippen molar-refractivity contribution in [2.24, 2.45) is 0 Å². The summed E-state index contributed by atoms with van der Waals surface area (Å²) in [6.45, 7) is 2.76. The Labute approximate surface area is 164 Å². The average Bonchev–Trinajstić information content (AvgIpc) is 3.10. The lowest BCUT2D eigenvalue weighted by Crippen LogP contribution is -2.30. The standard InChI is InChI=1S/C21H22ClN3O2/c1-3-15-6-4-5-7-18(15)24-20(26)13-25(2)14-21-23-12-19(27-21)16-8-10-17(22)11-9-16/h4-12H,3,13-14H2,1-2H3,(H,24,26). The molecular weight excluding hydrogens is 362 g/mol. The molecule has 0 fully saturated rings. The number of oxazole rings is 1. The Balaban J connectivity index is 1.57. The minimum Gasteiger partial charge on any atom is -0.439 e. The number of carbonyl (C=O) groups excluding carboxylic acids is 1. The molecule has 6 heteroatoms. The van der Waals surface area contributed by atoms with Gasteiger partial charge < -0.3 is 9.73 Å². The maximum absolute atomic E-state index is 12.3. The summed E-state index contributed by atoms with van der Waals surface area (Å²) in [6, 6.07) is 15.2. The average molecular weight is 384 g/mol. The van der Waals surface area contributed by atoms with Gasteiger partial charge in [-0.05, 0) is 49.4 Å². The van der Waals surface area contributed by atoms with Crippen molar-refractivity contribution in [3.05, 3.63) is 71.2 Å². The number of hydrogen-bond donors (Lipinski definition) is 1. The number of nitrogens with one attached hydrogen (secondary N) is 1. The molecule has 1 heterocycles. The van der Waals surface area contributed by atoms with Crippen LogP contribution in [0.3, 0.4) is 0 Å². The molecule has 0 saturated heterocycles. The summed E-state index contributed by atoms with van der Waals surface area (Å²) >= 11 is 5.91. The molecule has 140 valence electrons. The largest absolute Gasteiger partial charge is 0.439 e. The van der Waals surface area contributed by atoms with Gasteiger partial charge in [-0.25, -0.2) is 4.98 Å². The van der Waals surface area contributed by atoms with Crippen LogP contribution in [0.4, 0.5) is 5.69 Å². The number of nitrogens with zero attached hydrogens (tertiary/aromatic N) is 2. The molecule has 0 aliphatic rings. The molecule has 2 aromatic carbocycles. The van der Waals surface area contributed by atoms with E-state index in [9.17, 15) is 4.79 Å². The third-order valence-electron chi connectivity index (χ3n) is 4.17. The molecule has 3 rings (SSSR count). The first-order valence-corrected chi connectivity index (χ1v) is 9.20. The number of carbonyl (C=O) groups is 1. The van der Waals surface area contributed by atoms with Crippen LogP contribution in [0.5, 0.6) is 0 Å². The van der Waals surface area contributed by atoms with Crippen molar-refractivity contribution in [1.29, 1.82) is 0 Å². The number of benzene rings is 2. The SMILES string of the molecule is CCc1ccccc1NC(=O)CN(C)Cc1ncc(-c2ccc(Cl)cc2)o1. The highest BCUT2D eigenvalue weighted by molar-refractivity contribution is 6.30. The van der Waals surface area contributed by atoms with E-state index in [2.05, 4.69) is 17.2 Å². The maximum atomic E-state index is 12.3. The number of para-hydroxylation sites is 1. The summed E-state index contributed by atoms with van der Waals surface area (Å²) in [7, 11) is 1.86. The van der Waals surface area contributed by atoms with Crippen molar-refractivity contribution in [3.8, 4) is 11.3 Å². The van der Waals surface area contributed by atoms with Crippen LogP contribution in [0.2, 0.25) is 5.02 Å². The van der Waals surface area contributed by atoms with Crippen molar-refractivity contribution in [3.63, 3.8) is 0 Å². The van der Waals surface area contributed by atoms with Crippen LogP contribution >= 0.6 is 11.6 Å². The third-order valence-corrected chi connectivity index (χ3v) is 4.43. The van der Waals surface area contributed by atoms with Gasteiger partial charge in [0.15, 0.2) is 5.76 Å². The number of hydrogen-bond acceptors (Lipinski definition) is 4. The van der Waals surface area contributed by atoms with Gasteiger partial charge in [-0.3, -0.25) is 9.69 Å². The van der Waals surface area contributed by atoms with Gasteiger partial charge in [0.05, 0.1) is 19.3 Å². The van der Waals surface area contributed by atoms with E-state index in [1.807, 2.05) is 60.5 Å². The Hall–Kier alpha value is -2.63. The minimum atomic E-state index is -0.0668. The Bertz CT molecular complexity index is 906. The van der Waals surface area contributed by atoms with Gasteiger partial charge in [0.25, 0.3) is 0 Å². The molecule has 5 nitrogen and oxygen atoms in total. The number of halogens is 1. The van der Waals surface area contributed by atoms with Gasteiger partial charge in [-0.15, -0.1) is 0 Å². The van der Waals surface area contributed by atoms with Crippen molar-refractivity contribution < 1.29 is 9.21 Å². The summed E-state index contributed by atoms with van der Waals surface area (Å²) in [5, 5.41) is 3.65. The van der Waals surface area contributed by atoms with E-state index < -0.39 is 0 Å². The molecule has 0 aliphatic carbocycles. The number of anilines is 1. The molecule has 0 spiro atoms. The lowest BCUT2D eigenvalue weighted by molar-refractivity contribution is -0.117. The highest BCUT2D eigenvalue weighted by Gasteiger charge is 2.13. The van der Waals surface area contributed by atoms with Crippen LogP contribution in [-0.4, -0.2) is 29.4 Å². The first kappa shape index (κ1) is 19.1. The van der Waals surface area contributed by atoms with Crippen molar-refractivity contribution >= 4 is 23.2 Å². The molecule has 1 amide bonds. The predicted molar refractivity (Wildman–Crippen MR) is 108 cm³/mol. The lowest BCUT2D eigenvalue weighted by atomic mass is 10.1. The first-order chi connectivity index (χ1) is 13.0. The van der Waals surface area contributed by atoms with Crippen molar-refractivity contribution in [2.45, 2.75) is 19.9 Å². The fourth-order valence-corrected chi connectivity index (χ4v) is 2.93. The molecule has 1 N–H and O–H groups in total. The third kappa shape index (κ3) is 5.18. The van der Waals surface area contributed by atoms with Crippen molar-refractivity contribution in [1.82, 2.24) is 9.88 Å². The number of amides is 1. The van der Waals surface area contributed by atoms with Crippen LogP contribution < -0.4 is 5.32 Å². The maximum Gasteiger partial charge on any atom is 0.238 e. The van der Waals surface area contributed by atoms with Crippen LogP contribution in [0.15, 0.2) is 59.1 Å². The zero-order chi connectivity index (χ0) is 19.2. The van der Waals surface area contributed by atoms with Crippen LogP contribution in [0, 0.1) is 0 Å².